The Hall–Kier alpha value is -3.17. The molecule has 2 atom stereocenters. The highest BCUT2D eigenvalue weighted by Crippen LogP contribution is 2.30. The van der Waals surface area contributed by atoms with Crippen molar-refractivity contribution in [2.45, 2.75) is 24.9 Å². The van der Waals surface area contributed by atoms with Gasteiger partial charge in [-0.05, 0) is 29.8 Å². The Kier molecular flexibility index (Phi) is 6.30. The summed E-state index contributed by atoms with van der Waals surface area (Å²) < 4.78 is 43.7. The molecule has 1 aliphatic heterocycles. The molecule has 29 heavy (non-hydrogen) atoms. The zero-order valence-electron chi connectivity index (χ0n) is 15.1. The minimum Gasteiger partial charge on any atom is -0.428 e. The molecule has 0 fully saturated rings. The minimum absolute atomic E-state index is 0.0295. The van der Waals surface area contributed by atoms with Crippen molar-refractivity contribution in [1.29, 1.82) is 0 Å². The second kappa shape index (κ2) is 8.89. The zero-order chi connectivity index (χ0) is 20.9. The van der Waals surface area contributed by atoms with Crippen molar-refractivity contribution in [1.82, 2.24) is 0 Å². The number of halogens is 2. The van der Waals surface area contributed by atoms with Gasteiger partial charge in [0.1, 0.15) is 0 Å². The lowest BCUT2D eigenvalue weighted by molar-refractivity contribution is -0.384. The molecule has 0 saturated heterocycles. The number of rotatable bonds is 7. The molecule has 2 aromatic rings. The average Bonchev–Trinajstić information content (AvgIpc) is 2.71. The summed E-state index contributed by atoms with van der Waals surface area (Å²) in [5, 5.41) is 10.7. The Morgan fingerprint density at radius 3 is 2.48 bits per heavy atom. The summed E-state index contributed by atoms with van der Waals surface area (Å²) in [7, 11) is 0. The normalized spacial score (nSPS) is 20.2. The van der Waals surface area contributed by atoms with Crippen LogP contribution in [0, 0.1) is 10.1 Å². The number of hydrogen-bond acceptors (Lipinski definition) is 6. The monoisotopic (exact) mass is 405 g/mol. The fourth-order valence-corrected chi connectivity index (χ4v) is 2.58. The van der Waals surface area contributed by atoms with Crippen LogP contribution in [0.1, 0.15) is 15.9 Å². The largest absolute Gasteiger partial charge is 0.428 e. The van der Waals surface area contributed by atoms with Gasteiger partial charge >= 0.3 is 5.97 Å². The van der Waals surface area contributed by atoms with Crippen molar-refractivity contribution in [3.8, 4) is 0 Å². The van der Waals surface area contributed by atoms with E-state index < -0.39 is 35.8 Å². The van der Waals surface area contributed by atoms with Crippen LogP contribution >= 0.6 is 0 Å². The lowest BCUT2D eigenvalue weighted by atomic mass is 10.1. The maximum absolute atomic E-state index is 14.1. The molecule has 0 radical (unpaired) electrons. The van der Waals surface area contributed by atoms with E-state index in [1.165, 1.54) is 12.1 Å². The van der Waals surface area contributed by atoms with Crippen molar-refractivity contribution in [2.24, 2.45) is 0 Å². The van der Waals surface area contributed by atoms with Gasteiger partial charge in [-0.25, -0.2) is 4.79 Å². The Bertz CT molecular complexity index is 886. The first-order chi connectivity index (χ1) is 13.8. The fraction of sp³-hybridized carbons (Fsp3) is 0.250. The summed E-state index contributed by atoms with van der Waals surface area (Å²) >= 11 is 0. The molecule has 0 bridgehead atoms. The highest BCUT2D eigenvalue weighted by atomic mass is 19.3. The van der Waals surface area contributed by atoms with E-state index in [9.17, 15) is 23.7 Å². The first kappa shape index (κ1) is 20.6. The van der Waals surface area contributed by atoms with Crippen LogP contribution in [0.4, 0.5) is 14.5 Å². The van der Waals surface area contributed by atoms with Gasteiger partial charge in [0, 0.05) is 12.1 Å². The van der Waals surface area contributed by atoms with E-state index in [-0.39, 0.29) is 17.9 Å². The summed E-state index contributed by atoms with van der Waals surface area (Å²) in [5.74, 6) is -4.14. The molecule has 0 aliphatic carbocycles. The van der Waals surface area contributed by atoms with Crippen LogP contribution in [0.2, 0.25) is 0 Å². The molecule has 0 unspecified atom stereocenters. The summed E-state index contributed by atoms with van der Waals surface area (Å²) in [5.41, 5.74) is 0.663. The molecular weight excluding hydrogens is 388 g/mol. The number of nitrogens with zero attached hydrogens (tertiary/aromatic N) is 1. The number of nitro groups is 1. The fourth-order valence-electron chi connectivity index (χ4n) is 2.58. The molecule has 7 nitrogen and oxygen atoms in total. The molecule has 0 N–H and O–H groups in total. The Balaban J connectivity index is 1.57. The lowest BCUT2D eigenvalue weighted by Crippen LogP contribution is -2.44. The number of alkyl halides is 2. The number of carbonyl (C=O) groups excluding carboxylic acids is 1. The van der Waals surface area contributed by atoms with Gasteiger partial charge in [-0.15, -0.1) is 0 Å². The minimum atomic E-state index is -3.28. The Morgan fingerprint density at radius 2 is 1.83 bits per heavy atom. The van der Waals surface area contributed by atoms with E-state index in [1.807, 2.05) is 6.07 Å². The molecule has 2 aromatic carbocycles. The Labute approximate surface area is 164 Å². The summed E-state index contributed by atoms with van der Waals surface area (Å²) in [6.45, 7) is -0.272. The molecule has 1 aliphatic rings. The van der Waals surface area contributed by atoms with E-state index in [0.29, 0.717) is 6.08 Å². The number of carbonyl (C=O) groups is 1. The smallest absolute Gasteiger partial charge is 0.340 e. The molecule has 3 rings (SSSR count). The van der Waals surface area contributed by atoms with Crippen LogP contribution in [0.25, 0.3) is 0 Å². The number of hydrogen-bond donors (Lipinski definition) is 0. The predicted molar refractivity (Wildman–Crippen MR) is 97.4 cm³/mol. The highest BCUT2D eigenvalue weighted by molar-refractivity contribution is 5.89. The van der Waals surface area contributed by atoms with Gasteiger partial charge < -0.3 is 14.2 Å². The average molecular weight is 405 g/mol. The number of benzene rings is 2. The van der Waals surface area contributed by atoms with Crippen LogP contribution in [0.3, 0.4) is 0 Å². The molecule has 1 heterocycles. The molecule has 152 valence electrons. The van der Waals surface area contributed by atoms with Gasteiger partial charge in [-0.3, -0.25) is 10.1 Å². The van der Waals surface area contributed by atoms with Gasteiger partial charge in [-0.1, -0.05) is 30.3 Å². The van der Waals surface area contributed by atoms with Crippen molar-refractivity contribution in [3.05, 3.63) is 88.0 Å². The molecule has 0 saturated carbocycles. The lowest BCUT2D eigenvalue weighted by Gasteiger charge is -2.31. The van der Waals surface area contributed by atoms with Crippen LogP contribution < -0.4 is 0 Å². The quantitative estimate of drug-likeness (QED) is 0.301. The number of esters is 1. The van der Waals surface area contributed by atoms with Gasteiger partial charge in [0.05, 0.1) is 23.7 Å². The Morgan fingerprint density at radius 1 is 1.14 bits per heavy atom. The molecule has 0 spiro atoms. The van der Waals surface area contributed by atoms with Crippen LogP contribution in [0.5, 0.6) is 0 Å². The first-order valence-corrected chi connectivity index (χ1v) is 8.65. The standard InChI is InChI=1S/C20H17F2NO6/c21-20(22)11-10-18(28-17(20)13-27-12-14-4-2-1-3-5-14)29-19(24)15-6-8-16(9-7-15)23(25)26/h1-11,17-18H,12-13H2/t17-,18+/m1/s1. The first-order valence-electron chi connectivity index (χ1n) is 8.65. The van der Waals surface area contributed by atoms with E-state index >= 15 is 0 Å². The summed E-state index contributed by atoms with van der Waals surface area (Å²) in [6.07, 6.45) is -1.41. The second-order valence-corrected chi connectivity index (χ2v) is 6.24. The maximum Gasteiger partial charge on any atom is 0.340 e. The third-order valence-corrected chi connectivity index (χ3v) is 4.12. The predicted octanol–water partition coefficient (Wildman–Crippen LogP) is 3.88. The highest BCUT2D eigenvalue weighted by Gasteiger charge is 2.43. The number of non-ortho nitro benzene ring substituents is 1. The van der Waals surface area contributed by atoms with Crippen molar-refractivity contribution >= 4 is 11.7 Å². The third-order valence-electron chi connectivity index (χ3n) is 4.12. The molecular formula is C20H17F2NO6. The van der Waals surface area contributed by atoms with Crippen molar-refractivity contribution < 1.29 is 32.7 Å². The van der Waals surface area contributed by atoms with E-state index in [1.54, 1.807) is 24.3 Å². The summed E-state index contributed by atoms with van der Waals surface area (Å²) in [4.78, 5) is 22.2. The third kappa shape index (κ3) is 5.43. The van der Waals surface area contributed by atoms with E-state index in [0.717, 1.165) is 23.8 Å². The van der Waals surface area contributed by atoms with Gasteiger partial charge in [0.25, 0.3) is 11.6 Å². The topological polar surface area (TPSA) is 87.9 Å². The number of nitro benzene ring substituents is 1. The zero-order valence-corrected chi connectivity index (χ0v) is 15.1. The van der Waals surface area contributed by atoms with Gasteiger partial charge in [0.15, 0.2) is 6.10 Å². The SMILES string of the molecule is O=C(O[C@H]1C=CC(F)(F)[C@@H](COCc2ccccc2)O1)c1ccc([N+](=O)[O-])cc1. The van der Waals surface area contributed by atoms with Crippen LogP contribution in [-0.2, 0) is 20.8 Å². The molecule has 0 aromatic heterocycles. The van der Waals surface area contributed by atoms with Crippen molar-refractivity contribution in [2.75, 3.05) is 6.61 Å². The van der Waals surface area contributed by atoms with E-state index in [2.05, 4.69) is 0 Å². The molecule has 9 heteroatoms. The maximum atomic E-state index is 14.1. The second-order valence-electron chi connectivity index (χ2n) is 6.24. The van der Waals surface area contributed by atoms with Crippen molar-refractivity contribution in [3.63, 3.8) is 0 Å². The van der Waals surface area contributed by atoms with Gasteiger partial charge in [0.2, 0.25) is 6.29 Å². The molecule has 0 amide bonds. The van der Waals surface area contributed by atoms with E-state index in [4.69, 9.17) is 14.2 Å². The van der Waals surface area contributed by atoms with Crippen LogP contribution in [-0.4, -0.2) is 35.8 Å². The van der Waals surface area contributed by atoms with Gasteiger partial charge in [-0.2, -0.15) is 8.78 Å². The summed E-state index contributed by atoms with van der Waals surface area (Å²) in [6, 6.07) is 13.7. The number of ether oxygens (including phenoxy) is 3. The van der Waals surface area contributed by atoms with Crippen LogP contribution in [0.15, 0.2) is 66.7 Å².